The van der Waals surface area contributed by atoms with Crippen LogP contribution >= 0.6 is 0 Å². The minimum atomic E-state index is -1.03. The first-order valence-corrected chi connectivity index (χ1v) is 3.66. The number of fused-ring (bicyclic) bond motifs is 2. The maximum absolute atomic E-state index is 9.64. The Morgan fingerprint density at radius 1 is 1.73 bits per heavy atom. The number of rotatable bonds is 1. The third kappa shape index (κ3) is 0.906. The standard InChI is InChI=1S/C7H12O4/c8-3-7-4-10-1-5(2-11-7)6(7)9/h5-6,8-9H,1-4H2/t5?,6-,7+/m1/s1/i2T/t2?,5?,6-,7+. The van der Waals surface area contributed by atoms with Gasteiger partial charge in [-0.15, -0.1) is 0 Å². The lowest BCUT2D eigenvalue weighted by Gasteiger charge is -2.34. The third-order valence-electron chi connectivity index (χ3n) is 2.35. The summed E-state index contributed by atoms with van der Waals surface area (Å²) in [7, 11) is 0. The molecular formula is C7H12O4. The minimum Gasteiger partial charge on any atom is -0.393 e. The molecular weight excluding hydrogens is 148 g/mol. The van der Waals surface area contributed by atoms with Crippen LogP contribution in [0.2, 0.25) is 0 Å². The molecule has 2 N–H and O–H groups in total. The van der Waals surface area contributed by atoms with E-state index in [1.807, 2.05) is 0 Å². The minimum absolute atomic E-state index is 0.177. The molecule has 2 aliphatic rings. The van der Waals surface area contributed by atoms with E-state index >= 15 is 0 Å². The molecule has 0 saturated carbocycles. The molecule has 4 atom stereocenters. The molecule has 0 aromatic rings. The predicted molar refractivity (Wildman–Crippen MR) is 36.1 cm³/mol. The normalized spacial score (nSPS) is 57.6. The Balaban J connectivity index is 2.24. The van der Waals surface area contributed by atoms with E-state index in [0.29, 0.717) is 6.61 Å². The molecule has 2 unspecified atom stereocenters. The zero-order valence-electron chi connectivity index (χ0n) is 7.06. The highest BCUT2D eigenvalue weighted by Gasteiger charge is 2.52. The molecule has 2 fully saturated rings. The molecule has 0 spiro atoms. The number of ether oxygens (including phenoxy) is 2. The Kier molecular flexibility index (Phi) is 1.40. The van der Waals surface area contributed by atoms with Gasteiger partial charge in [0.25, 0.3) is 0 Å². The second kappa shape index (κ2) is 2.42. The summed E-state index contributed by atoms with van der Waals surface area (Å²) < 4.78 is 17.7. The van der Waals surface area contributed by atoms with Crippen molar-refractivity contribution in [1.82, 2.24) is 0 Å². The summed E-state index contributed by atoms with van der Waals surface area (Å²) in [6.07, 6.45) is -0.765. The largest absolute Gasteiger partial charge is 0.393 e. The molecule has 64 valence electrons. The van der Waals surface area contributed by atoms with Gasteiger partial charge in [0.2, 0.25) is 0 Å². The summed E-state index contributed by atoms with van der Waals surface area (Å²) >= 11 is 0. The summed E-state index contributed by atoms with van der Waals surface area (Å²) in [4.78, 5) is 0. The lowest BCUT2D eigenvalue weighted by molar-refractivity contribution is -0.151. The molecule has 0 aromatic heterocycles. The summed E-state index contributed by atoms with van der Waals surface area (Å²) in [6.45, 7) is -0.539. The zero-order chi connectivity index (χ0) is 8.77. The SMILES string of the molecule is [3H]C1O[C@@]2(CO)COCC1[C@H]2O. The van der Waals surface area contributed by atoms with Crippen LogP contribution in [0.25, 0.3) is 0 Å². The van der Waals surface area contributed by atoms with Gasteiger partial charge in [0.1, 0.15) is 5.60 Å². The first kappa shape index (κ1) is 6.37. The van der Waals surface area contributed by atoms with Crippen molar-refractivity contribution in [3.63, 3.8) is 0 Å². The Morgan fingerprint density at radius 2 is 2.55 bits per heavy atom. The van der Waals surface area contributed by atoms with Crippen molar-refractivity contribution in [3.8, 4) is 0 Å². The summed E-state index contributed by atoms with van der Waals surface area (Å²) in [6, 6.07) is 0. The molecule has 0 aliphatic carbocycles. The van der Waals surface area contributed by atoms with Crippen LogP contribution in [-0.2, 0) is 9.47 Å². The van der Waals surface area contributed by atoms with Gasteiger partial charge in [-0.05, 0) is 0 Å². The van der Waals surface area contributed by atoms with Crippen LogP contribution in [0.4, 0.5) is 0 Å². The van der Waals surface area contributed by atoms with E-state index in [9.17, 15) is 5.11 Å². The second-order valence-corrected chi connectivity index (χ2v) is 3.10. The smallest absolute Gasteiger partial charge is 0.140 e. The fourth-order valence-electron chi connectivity index (χ4n) is 1.55. The molecule has 11 heavy (non-hydrogen) atoms. The van der Waals surface area contributed by atoms with E-state index in [-0.39, 0.29) is 19.1 Å². The molecule has 2 bridgehead atoms. The highest BCUT2D eigenvalue weighted by atomic mass is 16.6. The fraction of sp³-hybridized carbons (Fsp3) is 1.00. The lowest BCUT2D eigenvalue weighted by atomic mass is 9.90. The Morgan fingerprint density at radius 3 is 3.18 bits per heavy atom. The summed E-state index contributed by atoms with van der Waals surface area (Å²) in [5, 5.41) is 18.7. The van der Waals surface area contributed by atoms with Gasteiger partial charge in [0.05, 0.1) is 33.9 Å². The topological polar surface area (TPSA) is 58.9 Å². The Hall–Kier alpha value is -0.160. The molecule has 2 saturated heterocycles. The lowest BCUT2D eigenvalue weighted by Crippen LogP contribution is -2.52. The average molecular weight is 162 g/mol. The third-order valence-corrected chi connectivity index (χ3v) is 2.35. The van der Waals surface area contributed by atoms with Gasteiger partial charge in [-0.25, -0.2) is 0 Å². The van der Waals surface area contributed by atoms with Crippen LogP contribution < -0.4 is 0 Å². The van der Waals surface area contributed by atoms with Crippen LogP contribution in [0.3, 0.4) is 0 Å². The van der Waals surface area contributed by atoms with E-state index in [2.05, 4.69) is 0 Å². The monoisotopic (exact) mass is 162 g/mol. The number of aliphatic hydroxyl groups is 2. The van der Waals surface area contributed by atoms with Crippen LogP contribution in [0, 0.1) is 5.92 Å². The predicted octanol–water partition coefficient (Wildman–Crippen LogP) is -1.25. The maximum Gasteiger partial charge on any atom is 0.140 e. The second-order valence-electron chi connectivity index (χ2n) is 3.10. The fourth-order valence-corrected chi connectivity index (χ4v) is 1.55. The van der Waals surface area contributed by atoms with E-state index in [1.54, 1.807) is 0 Å². The van der Waals surface area contributed by atoms with Crippen molar-refractivity contribution in [1.29, 1.82) is 0 Å². The van der Waals surface area contributed by atoms with Crippen molar-refractivity contribution in [3.05, 3.63) is 0 Å². The summed E-state index contributed by atoms with van der Waals surface area (Å²) in [5.41, 5.74) is -1.03. The van der Waals surface area contributed by atoms with Gasteiger partial charge in [0, 0.05) is 5.92 Å². The first-order valence-electron chi connectivity index (χ1n) is 4.24. The molecule has 0 amide bonds. The Labute approximate surface area is 66.1 Å². The van der Waals surface area contributed by atoms with Gasteiger partial charge in [-0.3, -0.25) is 0 Å². The van der Waals surface area contributed by atoms with Crippen LogP contribution in [0.5, 0.6) is 0 Å². The first-order chi connectivity index (χ1) is 5.69. The quantitative estimate of drug-likeness (QED) is 0.506. The highest BCUT2D eigenvalue weighted by molar-refractivity contribution is 4.99. The molecule has 0 radical (unpaired) electrons. The van der Waals surface area contributed by atoms with Crippen LogP contribution in [0.1, 0.15) is 1.37 Å². The van der Waals surface area contributed by atoms with Crippen LogP contribution in [0.15, 0.2) is 0 Å². The van der Waals surface area contributed by atoms with Crippen LogP contribution in [-0.4, -0.2) is 48.3 Å². The van der Waals surface area contributed by atoms with Crippen molar-refractivity contribution in [2.45, 2.75) is 11.7 Å². The van der Waals surface area contributed by atoms with Crippen molar-refractivity contribution in [2.24, 2.45) is 5.92 Å². The molecule has 2 heterocycles. The van der Waals surface area contributed by atoms with Gasteiger partial charge in [0.15, 0.2) is 0 Å². The molecule has 2 aliphatic heterocycles. The molecule has 4 heteroatoms. The maximum atomic E-state index is 9.64. The van der Waals surface area contributed by atoms with Crippen molar-refractivity contribution in [2.75, 3.05) is 26.4 Å². The number of aliphatic hydroxyl groups excluding tert-OH is 2. The van der Waals surface area contributed by atoms with Crippen molar-refractivity contribution >= 4 is 0 Å². The summed E-state index contributed by atoms with van der Waals surface area (Å²) in [5.74, 6) is -0.314. The van der Waals surface area contributed by atoms with E-state index < -0.39 is 18.3 Å². The average Bonchev–Trinajstić information content (AvgIpc) is 2.23. The van der Waals surface area contributed by atoms with Gasteiger partial charge < -0.3 is 19.7 Å². The zero-order valence-corrected chi connectivity index (χ0v) is 6.06. The van der Waals surface area contributed by atoms with E-state index in [1.165, 1.54) is 0 Å². The highest BCUT2D eigenvalue weighted by Crippen LogP contribution is 2.34. The Bertz CT molecular complexity index is 188. The molecule has 2 rings (SSSR count). The van der Waals surface area contributed by atoms with E-state index in [0.717, 1.165) is 0 Å². The number of hydrogen-bond donors (Lipinski definition) is 2. The van der Waals surface area contributed by atoms with Gasteiger partial charge in [-0.1, -0.05) is 0 Å². The van der Waals surface area contributed by atoms with Crippen molar-refractivity contribution < 1.29 is 21.1 Å². The van der Waals surface area contributed by atoms with E-state index in [4.69, 9.17) is 16.0 Å². The van der Waals surface area contributed by atoms with Gasteiger partial charge >= 0.3 is 0 Å². The molecule has 0 aromatic carbocycles. The number of hydrogen-bond acceptors (Lipinski definition) is 4. The van der Waals surface area contributed by atoms with Gasteiger partial charge in [-0.2, -0.15) is 0 Å². The molecule has 4 nitrogen and oxygen atoms in total.